The summed E-state index contributed by atoms with van der Waals surface area (Å²) in [6.07, 6.45) is 3.94. The maximum absolute atomic E-state index is 12.1. The summed E-state index contributed by atoms with van der Waals surface area (Å²) in [7, 11) is 0. The molecule has 104 valence electrons. The minimum atomic E-state index is 0.237. The van der Waals surface area contributed by atoms with Crippen molar-refractivity contribution in [3.05, 3.63) is 23.8 Å². The lowest BCUT2D eigenvalue weighted by atomic mass is 10.1. The van der Waals surface area contributed by atoms with Crippen molar-refractivity contribution in [2.45, 2.75) is 39.5 Å². The third kappa shape index (κ3) is 3.72. The predicted octanol–water partition coefficient (Wildman–Crippen LogP) is 3.86. The summed E-state index contributed by atoms with van der Waals surface area (Å²) < 4.78 is 11.4. The van der Waals surface area contributed by atoms with Gasteiger partial charge in [-0.2, -0.15) is 0 Å². The SMILES string of the molecule is CCCOc1ccc(C(=O)C2CC2)cc1OCCC. The number of ketones is 1. The normalized spacial score (nSPS) is 14.2. The second-order valence-electron chi connectivity index (χ2n) is 5.00. The van der Waals surface area contributed by atoms with E-state index in [-0.39, 0.29) is 11.7 Å². The van der Waals surface area contributed by atoms with Crippen molar-refractivity contribution >= 4 is 5.78 Å². The summed E-state index contributed by atoms with van der Waals surface area (Å²) in [4.78, 5) is 12.1. The van der Waals surface area contributed by atoms with Crippen LogP contribution in [0.4, 0.5) is 0 Å². The monoisotopic (exact) mass is 262 g/mol. The van der Waals surface area contributed by atoms with Gasteiger partial charge < -0.3 is 9.47 Å². The Morgan fingerprint density at radius 1 is 1.11 bits per heavy atom. The van der Waals surface area contributed by atoms with Crippen molar-refractivity contribution in [2.75, 3.05) is 13.2 Å². The van der Waals surface area contributed by atoms with Crippen LogP contribution in [0.2, 0.25) is 0 Å². The molecule has 2 rings (SSSR count). The molecule has 0 aromatic heterocycles. The van der Waals surface area contributed by atoms with Crippen LogP contribution in [-0.4, -0.2) is 19.0 Å². The molecule has 1 fully saturated rings. The van der Waals surface area contributed by atoms with E-state index in [0.29, 0.717) is 19.0 Å². The van der Waals surface area contributed by atoms with Gasteiger partial charge in [0.15, 0.2) is 17.3 Å². The van der Waals surface area contributed by atoms with E-state index in [1.807, 2.05) is 18.2 Å². The number of benzene rings is 1. The zero-order chi connectivity index (χ0) is 13.7. The summed E-state index contributed by atoms with van der Waals surface area (Å²) >= 11 is 0. The van der Waals surface area contributed by atoms with E-state index in [1.165, 1.54) is 0 Å². The molecule has 3 nitrogen and oxygen atoms in total. The Morgan fingerprint density at radius 2 is 1.74 bits per heavy atom. The fourth-order valence-electron chi connectivity index (χ4n) is 1.90. The summed E-state index contributed by atoms with van der Waals surface area (Å²) in [6, 6.07) is 5.54. The van der Waals surface area contributed by atoms with Gasteiger partial charge in [0.2, 0.25) is 0 Å². The van der Waals surface area contributed by atoms with Crippen LogP contribution < -0.4 is 9.47 Å². The van der Waals surface area contributed by atoms with E-state index in [2.05, 4.69) is 13.8 Å². The van der Waals surface area contributed by atoms with Crippen LogP contribution in [0.15, 0.2) is 18.2 Å². The maximum atomic E-state index is 12.1. The van der Waals surface area contributed by atoms with Gasteiger partial charge in [-0.25, -0.2) is 0 Å². The Balaban J connectivity index is 2.16. The van der Waals surface area contributed by atoms with Gasteiger partial charge in [0, 0.05) is 11.5 Å². The van der Waals surface area contributed by atoms with E-state index in [4.69, 9.17) is 9.47 Å². The van der Waals surface area contributed by atoms with E-state index in [0.717, 1.165) is 37.0 Å². The molecule has 0 atom stereocenters. The zero-order valence-corrected chi connectivity index (χ0v) is 11.8. The number of carbonyl (C=O) groups is 1. The highest BCUT2D eigenvalue weighted by atomic mass is 16.5. The molecule has 0 amide bonds. The van der Waals surface area contributed by atoms with Crippen molar-refractivity contribution in [1.82, 2.24) is 0 Å². The van der Waals surface area contributed by atoms with E-state index in [9.17, 15) is 4.79 Å². The molecule has 3 heteroatoms. The van der Waals surface area contributed by atoms with Crippen molar-refractivity contribution in [3.63, 3.8) is 0 Å². The molecule has 0 radical (unpaired) electrons. The van der Waals surface area contributed by atoms with Gasteiger partial charge in [0.25, 0.3) is 0 Å². The number of hydrogen-bond acceptors (Lipinski definition) is 3. The average Bonchev–Trinajstić information content (AvgIpc) is 3.27. The molecule has 1 aliphatic rings. The van der Waals surface area contributed by atoms with Gasteiger partial charge in [-0.1, -0.05) is 13.8 Å². The molecule has 1 aromatic carbocycles. The Labute approximate surface area is 114 Å². The molecule has 0 spiro atoms. The molecule has 0 N–H and O–H groups in total. The first kappa shape index (κ1) is 13.9. The first-order valence-corrected chi connectivity index (χ1v) is 7.20. The van der Waals surface area contributed by atoms with Gasteiger partial charge in [0.05, 0.1) is 13.2 Å². The highest BCUT2D eigenvalue weighted by molar-refractivity contribution is 5.99. The van der Waals surface area contributed by atoms with Gasteiger partial charge in [-0.3, -0.25) is 4.79 Å². The molecule has 19 heavy (non-hydrogen) atoms. The van der Waals surface area contributed by atoms with E-state index >= 15 is 0 Å². The number of Topliss-reactive ketones (excluding diaryl/α,β-unsaturated/α-hetero) is 1. The molecule has 1 saturated carbocycles. The van der Waals surface area contributed by atoms with Crippen molar-refractivity contribution in [3.8, 4) is 11.5 Å². The minimum absolute atomic E-state index is 0.237. The van der Waals surface area contributed by atoms with Crippen LogP contribution in [0.3, 0.4) is 0 Å². The van der Waals surface area contributed by atoms with Crippen LogP contribution in [0.1, 0.15) is 49.9 Å². The van der Waals surface area contributed by atoms with Gasteiger partial charge in [0.1, 0.15) is 0 Å². The van der Waals surface area contributed by atoms with Crippen molar-refractivity contribution < 1.29 is 14.3 Å². The molecule has 1 aliphatic carbocycles. The highest BCUT2D eigenvalue weighted by Crippen LogP contribution is 2.35. The Hall–Kier alpha value is -1.51. The second-order valence-corrected chi connectivity index (χ2v) is 5.00. The Morgan fingerprint density at radius 3 is 2.32 bits per heavy atom. The van der Waals surface area contributed by atoms with E-state index in [1.54, 1.807) is 0 Å². The Bertz CT molecular complexity index is 436. The Kier molecular flexibility index (Phi) is 4.83. The van der Waals surface area contributed by atoms with Crippen LogP contribution in [0.25, 0.3) is 0 Å². The molecule has 0 bridgehead atoms. The lowest BCUT2D eigenvalue weighted by molar-refractivity contribution is 0.0967. The molecule has 0 aliphatic heterocycles. The minimum Gasteiger partial charge on any atom is -0.490 e. The first-order valence-electron chi connectivity index (χ1n) is 7.20. The zero-order valence-electron chi connectivity index (χ0n) is 11.8. The number of hydrogen-bond donors (Lipinski definition) is 0. The van der Waals surface area contributed by atoms with Crippen molar-refractivity contribution in [1.29, 1.82) is 0 Å². The standard InChI is InChI=1S/C16H22O3/c1-3-9-18-14-8-7-13(16(17)12-5-6-12)11-15(14)19-10-4-2/h7-8,11-12H,3-6,9-10H2,1-2H3. The molecular formula is C16H22O3. The average molecular weight is 262 g/mol. The van der Waals surface area contributed by atoms with Gasteiger partial charge >= 0.3 is 0 Å². The first-order chi connectivity index (χ1) is 9.26. The summed E-state index contributed by atoms with van der Waals surface area (Å²) in [5.41, 5.74) is 0.748. The summed E-state index contributed by atoms with van der Waals surface area (Å²) in [5, 5.41) is 0. The fraction of sp³-hybridized carbons (Fsp3) is 0.562. The van der Waals surface area contributed by atoms with Gasteiger partial charge in [-0.05, 0) is 43.9 Å². The van der Waals surface area contributed by atoms with Crippen LogP contribution in [0, 0.1) is 5.92 Å². The molecular weight excluding hydrogens is 240 g/mol. The molecule has 0 heterocycles. The fourth-order valence-corrected chi connectivity index (χ4v) is 1.90. The maximum Gasteiger partial charge on any atom is 0.166 e. The lowest BCUT2D eigenvalue weighted by Gasteiger charge is -2.13. The third-order valence-corrected chi connectivity index (χ3v) is 3.10. The highest BCUT2D eigenvalue weighted by Gasteiger charge is 2.30. The van der Waals surface area contributed by atoms with Crippen molar-refractivity contribution in [2.24, 2.45) is 5.92 Å². The quantitative estimate of drug-likeness (QED) is 0.667. The third-order valence-electron chi connectivity index (χ3n) is 3.10. The van der Waals surface area contributed by atoms with Crippen LogP contribution >= 0.6 is 0 Å². The number of ether oxygens (including phenoxy) is 2. The van der Waals surface area contributed by atoms with Crippen LogP contribution in [-0.2, 0) is 0 Å². The number of carbonyl (C=O) groups excluding carboxylic acids is 1. The van der Waals surface area contributed by atoms with Gasteiger partial charge in [-0.15, -0.1) is 0 Å². The number of rotatable bonds is 8. The second kappa shape index (κ2) is 6.60. The molecule has 0 saturated heterocycles. The lowest BCUT2D eigenvalue weighted by Crippen LogP contribution is -2.05. The topological polar surface area (TPSA) is 35.5 Å². The molecule has 1 aromatic rings. The molecule has 0 unspecified atom stereocenters. The summed E-state index contributed by atoms with van der Waals surface area (Å²) in [5.74, 6) is 1.91. The van der Waals surface area contributed by atoms with Crippen LogP contribution in [0.5, 0.6) is 11.5 Å². The largest absolute Gasteiger partial charge is 0.490 e. The smallest absolute Gasteiger partial charge is 0.166 e. The van der Waals surface area contributed by atoms with E-state index < -0.39 is 0 Å². The summed E-state index contributed by atoms with van der Waals surface area (Å²) in [6.45, 7) is 5.44. The predicted molar refractivity (Wildman–Crippen MR) is 75.1 cm³/mol.